The van der Waals surface area contributed by atoms with E-state index in [9.17, 15) is 4.79 Å². The molecule has 2 aliphatic heterocycles. The van der Waals surface area contributed by atoms with Gasteiger partial charge in [0.25, 0.3) is 0 Å². The van der Waals surface area contributed by atoms with E-state index in [4.69, 9.17) is 18.9 Å². The Morgan fingerprint density at radius 3 is 2.14 bits per heavy atom. The van der Waals surface area contributed by atoms with Crippen LogP contribution in [0.4, 0.5) is 5.69 Å². The van der Waals surface area contributed by atoms with Crippen LogP contribution in [0.2, 0.25) is 0 Å². The largest absolute Gasteiger partial charge is 0.463 e. The molecule has 1 saturated heterocycles. The summed E-state index contributed by atoms with van der Waals surface area (Å²) in [4.78, 5) is 14.1. The second kappa shape index (κ2) is 11.5. The number of rotatable bonds is 8. The number of hydrogen-bond donors (Lipinski definition) is 0. The van der Waals surface area contributed by atoms with Gasteiger partial charge in [-0.3, -0.25) is 4.79 Å². The Hall–Kier alpha value is -3.19. The van der Waals surface area contributed by atoms with Gasteiger partial charge in [0, 0.05) is 37.7 Å². The predicted octanol–water partition coefficient (Wildman–Crippen LogP) is 5.23. The number of esters is 1. The third-order valence-electron chi connectivity index (χ3n) is 7.33. The minimum atomic E-state index is -0.467. The van der Waals surface area contributed by atoms with Crippen molar-refractivity contribution in [1.82, 2.24) is 0 Å². The molecule has 0 aliphatic carbocycles. The summed E-state index contributed by atoms with van der Waals surface area (Å²) in [6.45, 7) is 5.30. The molecule has 0 spiro atoms. The van der Waals surface area contributed by atoms with E-state index in [0.29, 0.717) is 13.2 Å². The van der Waals surface area contributed by atoms with Gasteiger partial charge in [-0.05, 0) is 29.7 Å². The highest BCUT2D eigenvalue weighted by Gasteiger charge is 2.51. The van der Waals surface area contributed by atoms with Crippen LogP contribution in [-0.2, 0) is 37.0 Å². The Kier molecular flexibility index (Phi) is 7.89. The average Bonchev–Trinajstić information content (AvgIpc) is 2.91. The first kappa shape index (κ1) is 25.5. The molecule has 194 valence electrons. The molecule has 0 aromatic heterocycles. The molecule has 0 radical (unpaired) electrons. The lowest BCUT2D eigenvalue weighted by Gasteiger charge is -2.51. The van der Waals surface area contributed by atoms with Crippen LogP contribution in [0.5, 0.6) is 0 Å². The fourth-order valence-corrected chi connectivity index (χ4v) is 5.55. The second-order valence-corrected chi connectivity index (χ2v) is 9.97. The number of nitrogens with zero attached hydrogens (tertiary/aromatic N) is 1. The zero-order valence-electron chi connectivity index (χ0n) is 21.7. The van der Waals surface area contributed by atoms with E-state index in [1.807, 2.05) is 48.5 Å². The van der Waals surface area contributed by atoms with Crippen molar-refractivity contribution in [3.05, 3.63) is 101 Å². The van der Waals surface area contributed by atoms with Gasteiger partial charge in [0.1, 0.15) is 18.8 Å². The van der Waals surface area contributed by atoms with Gasteiger partial charge in [0.15, 0.2) is 0 Å². The Bertz CT molecular complexity index is 1180. The molecule has 2 aliphatic rings. The first-order valence-electron chi connectivity index (χ1n) is 12.9. The molecule has 5 rings (SSSR count). The van der Waals surface area contributed by atoms with Gasteiger partial charge in [-0.1, -0.05) is 72.8 Å². The Balaban J connectivity index is 1.50. The fraction of sp³-hybridized carbons (Fsp3) is 0.387. The average molecular weight is 502 g/mol. The molecular formula is C31H35NO5. The van der Waals surface area contributed by atoms with Crippen LogP contribution in [0.3, 0.4) is 0 Å². The number of benzene rings is 3. The van der Waals surface area contributed by atoms with Gasteiger partial charge >= 0.3 is 5.97 Å². The SMILES string of the molecule is CC(=O)OC[C@H]1O[C@@H]2c3c(C)cccc3N(C)C[C@@H]2[C@@H](OCc2ccccc2)[C@@H]1OCc1ccccc1. The number of fused-ring (bicyclic) bond motifs is 3. The Morgan fingerprint density at radius 2 is 1.51 bits per heavy atom. The van der Waals surface area contributed by atoms with Crippen molar-refractivity contribution >= 4 is 11.7 Å². The summed E-state index contributed by atoms with van der Waals surface area (Å²) in [5, 5.41) is 0. The quantitative estimate of drug-likeness (QED) is 0.394. The number of carbonyl (C=O) groups is 1. The van der Waals surface area contributed by atoms with Gasteiger partial charge in [-0.15, -0.1) is 0 Å². The van der Waals surface area contributed by atoms with Gasteiger partial charge in [-0.25, -0.2) is 0 Å². The van der Waals surface area contributed by atoms with Crippen molar-refractivity contribution in [1.29, 1.82) is 0 Å². The maximum atomic E-state index is 11.8. The number of aryl methyl sites for hydroxylation is 1. The van der Waals surface area contributed by atoms with E-state index in [2.05, 4.69) is 49.2 Å². The van der Waals surface area contributed by atoms with Gasteiger partial charge in [-0.2, -0.15) is 0 Å². The lowest BCUT2D eigenvalue weighted by atomic mass is 9.78. The van der Waals surface area contributed by atoms with Gasteiger partial charge in [0.05, 0.1) is 25.4 Å². The smallest absolute Gasteiger partial charge is 0.302 e. The van der Waals surface area contributed by atoms with Gasteiger partial charge < -0.3 is 23.8 Å². The molecule has 0 unspecified atom stereocenters. The van der Waals surface area contributed by atoms with Crippen LogP contribution in [0.25, 0.3) is 0 Å². The number of anilines is 1. The number of ether oxygens (including phenoxy) is 4. The Morgan fingerprint density at radius 1 is 0.892 bits per heavy atom. The normalized spacial score (nSPS) is 24.7. The van der Waals surface area contributed by atoms with Crippen molar-refractivity contribution < 1.29 is 23.7 Å². The van der Waals surface area contributed by atoms with Crippen molar-refractivity contribution in [3.63, 3.8) is 0 Å². The standard InChI is InChI=1S/C31H35NO5/c1-21-11-10-16-26-28(21)29-25(17-32(26)3)30(35-18-23-12-6-4-7-13-23)31(27(37-29)20-34-22(2)33)36-19-24-14-8-5-9-15-24/h4-16,25,27,29-31H,17-20H2,1-3H3/t25-,27+,29-,30+,31+/m0/s1. The Labute approximate surface area is 219 Å². The third-order valence-corrected chi connectivity index (χ3v) is 7.33. The highest BCUT2D eigenvalue weighted by atomic mass is 16.6. The number of hydrogen-bond acceptors (Lipinski definition) is 6. The zero-order valence-corrected chi connectivity index (χ0v) is 21.7. The summed E-state index contributed by atoms with van der Waals surface area (Å²) in [6, 6.07) is 26.6. The van der Waals surface area contributed by atoms with E-state index in [1.54, 1.807) is 0 Å². The minimum absolute atomic E-state index is 0.0386. The molecule has 2 heterocycles. The van der Waals surface area contributed by atoms with Gasteiger partial charge in [0.2, 0.25) is 0 Å². The van der Waals surface area contributed by atoms with Crippen molar-refractivity contribution in [2.45, 2.75) is 51.5 Å². The molecule has 1 fully saturated rings. The van der Waals surface area contributed by atoms with Crippen LogP contribution in [0.15, 0.2) is 78.9 Å². The van der Waals surface area contributed by atoms with Crippen molar-refractivity contribution in [2.75, 3.05) is 25.1 Å². The van der Waals surface area contributed by atoms with E-state index in [1.165, 1.54) is 18.1 Å². The maximum Gasteiger partial charge on any atom is 0.302 e. The summed E-state index contributed by atoms with van der Waals surface area (Å²) in [5.41, 5.74) is 5.68. The van der Waals surface area contributed by atoms with E-state index < -0.39 is 12.2 Å². The summed E-state index contributed by atoms with van der Waals surface area (Å²) >= 11 is 0. The molecule has 3 aromatic rings. The summed E-state index contributed by atoms with van der Waals surface area (Å²) in [7, 11) is 2.12. The molecule has 5 atom stereocenters. The van der Waals surface area contributed by atoms with Crippen LogP contribution in [-0.4, -0.2) is 44.5 Å². The van der Waals surface area contributed by atoms with Crippen molar-refractivity contribution in [2.24, 2.45) is 5.92 Å². The van der Waals surface area contributed by atoms with E-state index >= 15 is 0 Å². The molecule has 6 nitrogen and oxygen atoms in total. The second-order valence-electron chi connectivity index (χ2n) is 9.97. The molecule has 0 amide bonds. The molecule has 37 heavy (non-hydrogen) atoms. The van der Waals surface area contributed by atoms with Crippen LogP contribution >= 0.6 is 0 Å². The maximum absolute atomic E-state index is 11.8. The summed E-state index contributed by atoms with van der Waals surface area (Å²) < 4.78 is 25.5. The molecular weight excluding hydrogens is 466 g/mol. The van der Waals surface area contributed by atoms with Crippen LogP contribution in [0.1, 0.15) is 35.3 Å². The van der Waals surface area contributed by atoms with E-state index in [0.717, 1.165) is 23.4 Å². The highest BCUT2D eigenvalue weighted by molar-refractivity contribution is 5.66. The lowest BCUT2D eigenvalue weighted by molar-refractivity contribution is -0.245. The third kappa shape index (κ3) is 5.72. The first-order valence-corrected chi connectivity index (χ1v) is 12.9. The first-order chi connectivity index (χ1) is 18.0. The molecule has 0 bridgehead atoms. The van der Waals surface area contributed by atoms with Crippen LogP contribution in [0, 0.1) is 12.8 Å². The molecule has 0 saturated carbocycles. The highest BCUT2D eigenvalue weighted by Crippen LogP contribution is 2.47. The summed E-state index contributed by atoms with van der Waals surface area (Å²) in [5.74, 6) is -0.300. The molecule has 0 N–H and O–H groups in total. The zero-order chi connectivity index (χ0) is 25.8. The molecule has 6 heteroatoms. The van der Waals surface area contributed by atoms with Crippen LogP contribution < -0.4 is 4.90 Å². The fourth-order valence-electron chi connectivity index (χ4n) is 5.55. The van der Waals surface area contributed by atoms with E-state index in [-0.39, 0.29) is 30.7 Å². The number of carbonyl (C=O) groups excluding carboxylic acids is 1. The van der Waals surface area contributed by atoms with Crippen molar-refractivity contribution in [3.8, 4) is 0 Å². The topological polar surface area (TPSA) is 57.2 Å². The monoisotopic (exact) mass is 501 g/mol. The predicted molar refractivity (Wildman–Crippen MR) is 142 cm³/mol. The molecule has 3 aromatic carbocycles. The summed E-state index contributed by atoms with van der Waals surface area (Å²) in [6.07, 6.45) is -1.34. The minimum Gasteiger partial charge on any atom is -0.463 e. The lowest BCUT2D eigenvalue weighted by Crippen LogP contribution is -2.58.